The average Bonchev–Trinajstić information content (AvgIpc) is 2.60. The predicted octanol–water partition coefficient (Wildman–Crippen LogP) is 3.62. The zero-order chi connectivity index (χ0) is 16.9. The Kier molecular flexibility index (Phi) is 5.57. The minimum Gasteiger partial charge on any atom is -0.369 e. The number of rotatable bonds is 5. The van der Waals surface area contributed by atoms with Gasteiger partial charge in [0.05, 0.1) is 4.92 Å². The molecular formula is C16H18N4O2S2. The molecule has 1 fully saturated rings. The minimum atomic E-state index is -0.406. The number of nitro benzene ring substituents is 1. The molecule has 1 N–H and O–H groups in total. The molecule has 0 aliphatic carbocycles. The summed E-state index contributed by atoms with van der Waals surface area (Å²) in [6.45, 7) is 2.77. The minimum absolute atomic E-state index is 0.0442. The van der Waals surface area contributed by atoms with Crippen LogP contribution in [0.4, 0.5) is 11.5 Å². The summed E-state index contributed by atoms with van der Waals surface area (Å²) >= 11 is 3.98. The molecule has 2 heterocycles. The second kappa shape index (κ2) is 7.85. The van der Waals surface area contributed by atoms with Gasteiger partial charge in [0, 0.05) is 58.5 Å². The zero-order valence-electron chi connectivity index (χ0n) is 13.3. The Bertz CT molecular complexity index is 736. The van der Waals surface area contributed by atoms with Crippen molar-refractivity contribution in [2.24, 2.45) is 0 Å². The lowest BCUT2D eigenvalue weighted by Crippen LogP contribution is -2.23. The molecule has 3 rings (SSSR count). The topological polar surface area (TPSA) is 81.0 Å². The summed E-state index contributed by atoms with van der Waals surface area (Å²) in [5.74, 6) is 4.84. The van der Waals surface area contributed by atoms with Gasteiger partial charge in [-0.15, -0.1) is 0 Å². The number of nitrogens with zero attached hydrogens (tertiary/aromatic N) is 3. The maximum atomic E-state index is 10.9. The average molecular weight is 362 g/mol. The van der Waals surface area contributed by atoms with Crippen LogP contribution >= 0.6 is 23.5 Å². The van der Waals surface area contributed by atoms with Crippen molar-refractivity contribution in [3.63, 3.8) is 0 Å². The normalized spacial score (nSPS) is 17.5. The third-order valence-corrected chi connectivity index (χ3v) is 6.41. The summed E-state index contributed by atoms with van der Waals surface area (Å²) in [5, 5.41) is 14.9. The molecule has 1 aliphatic heterocycles. The standard InChI is InChI=1S/C16H18N4O2S2/c1-11-7-15(17-9-14-10-23-5-6-24-14)19-16(18-11)12-3-2-4-13(8-12)20(21)22/h2-4,7-8,14H,5-6,9-10H2,1H3,(H,17,18,19). The molecule has 0 spiro atoms. The molecule has 2 aromatic rings. The fraction of sp³-hybridized carbons (Fsp3) is 0.375. The van der Waals surface area contributed by atoms with E-state index in [4.69, 9.17) is 0 Å². The molecule has 6 nitrogen and oxygen atoms in total. The Hall–Kier alpha value is -1.80. The lowest BCUT2D eigenvalue weighted by Gasteiger charge is -2.21. The number of hydrogen-bond donors (Lipinski definition) is 1. The van der Waals surface area contributed by atoms with Crippen LogP contribution in [0, 0.1) is 17.0 Å². The summed E-state index contributed by atoms with van der Waals surface area (Å²) in [6, 6.07) is 8.32. The van der Waals surface area contributed by atoms with Crippen LogP contribution in [0.25, 0.3) is 11.4 Å². The SMILES string of the molecule is Cc1cc(NCC2CSCCS2)nc(-c2cccc([N+](=O)[O-])c2)n1. The van der Waals surface area contributed by atoms with E-state index in [1.165, 1.54) is 23.6 Å². The lowest BCUT2D eigenvalue weighted by molar-refractivity contribution is -0.384. The summed E-state index contributed by atoms with van der Waals surface area (Å²) in [6.07, 6.45) is 0. The van der Waals surface area contributed by atoms with Crippen molar-refractivity contribution < 1.29 is 4.92 Å². The number of nitrogens with one attached hydrogen (secondary N) is 1. The van der Waals surface area contributed by atoms with E-state index >= 15 is 0 Å². The molecule has 0 radical (unpaired) electrons. The molecule has 1 aliphatic rings. The Morgan fingerprint density at radius 2 is 2.21 bits per heavy atom. The number of aromatic nitrogens is 2. The van der Waals surface area contributed by atoms with E-state index in [-0.39, 0.29) is 5.69 Å². The van der Waals surface area contributed by atoms with Crippen molar-refractivity contribution in [2.45, 2.75) is 12.2 Å². The highest BCUT2D eigenvalue weighted by molar-refractivity contribution is 8.06. The van der Waals surface area contributed by atoms with E-state index < -0.39 is 4.92 Å². The summed E-state index contributed by atoms with van der Waals surface area (Å²) in [7, 11) is 0. The smallest absolute Gasteiger partial charge is 0.270 e. The molecular weight excluding hydrogens is 344 g/mol. The number of nitro groups is 1. The van der Waals surface area contributed by atoms with E-state index in [0.29, 0.717) is 16.6 Å². The molecule has 24 heavy (non-hydrogen) atoms. The van der Waals surface area contributed by atoms with Gasteiger partial charge in [-0.05, 0) is 6.92 Å². The molecule has 1 atom stereocenters. The van der Waals surface area contributed by atoms with Gasteiger partial charge in [0.15, 0.2) is 5.82 Å². The van der Waals surface area contributed by atoms with Crippen LogP contribution in [-0.2, 0) is 0 Å². The van der Waals surface area contributed by atoms with E-state index in [2.05, 4.69) is 15.3 Å². The molecule has 0 amide bonds. The van der Waals surface area contributed by atoms with Crippen LogP contribution in [0.15, 0.2) is 30.3 Å². The first kappa shape index (κ1) is 17.0. The fourth-order valence-corrected chi connectivity index (χ4v) is 5.03. The van der Waals surface area contributed by atoms with Crippen LogP contribution in [0.2, 0.25) is 0 Å². The van der Waals surface area contributed by atoms with E-state index in [9.17, 15) is 10.1 Å². The first-order valence-corrected chi connectivity index (χ1v) is 9.86. The van der Waals surface area contributed by atoms with Gasteiger partial charge >= 0.3 is 0 Å². The van der Waals surface area contributed by atoms with Crippen LogP contribution in [0.5, 0.6) is 0 Å². The number of non-ortho nitro benzene ring substituents is 1. The maximum Gasteiger partial charge on any atom is 0.270 e. The molecule has 0 bridgehead atoms. The number of hydrogen-bond acceptors (Lipinski definition) is 7. The first-order chi connectivity index (χ1) is 11.6. The quantitative estimate of drug-likeness (QED) is 0.642. The predicted molar refractivity (Wildman–Crippen MR) is 101 cm³/mol. The third kappa shape index (κ3) is 4.39. The number of anilines is 1. The van der Waals surface area contributed by atoms with Gasteiger partial charge in [0.2, 0.25) is 0 Å². The molecule has 1 unspecified atom stereocenters. The van der Waals surface area contributed by atoms with Gasteiger partial charge in [0.1, 0.15) is 5.82 Å². The molecule has 8 heteroatoms. The Balaban J connectivity index is 1.78. The lowest BCUT2D eigenvalue weighted by atomic mass is 10.2. The van der Waals surface area contributed by atoms with Gasteiger partial charge in [-0.3, -0.25) is 10.1 Å². The van der Waals surface area contributed by atoms with Gasteiger partial charge in [-0.2, -0.15) is 23.5 Å². The molecule has 126 valence electrons. The summed E-state index contributed by atoms with van der Waals surface area (Å²) in [4.78, 5) is 19.5. The summed E-state index contributed by atoms with van der Waals surface area (Å²) < 4.78 is 0. The van der Waals surface area contributed by atoms with Crippen molar-refractivity contribution in [2.75, 3.05) is 29.1 Å². The second-order valence-electron chi connectivity index (χ2n) is 5.47. The van der Waals surface area contributed by atoms with Gasteiger partial charge in [0.25, 0.3) is 5.69 Å². The number of aryl methyl sites for hydroxylation is 1. The largest absolute Gasteiger partial charge is 0.369 e. The Morgan fingerprint density at radius 3 is 2.96 bits per heavy atom. The molecule has 1 aromatic carbocycles. The van der Waals surface area contributed by atoms with Crippen molar-refractivity contribution in [3.8, 4) is 11.4 Å². The Labute approximate surface area is 149 Å². The van der Waals surface area contributed by atoms with Gasteiger partial charge in [-0.1, -0.05) is 12.1 Å². The molecule has 1 aromatic heterocycles. The Morgan fingerprint density at radius 1 is 1.33 bits per heavy atom. The highest BCUT2D eigenvalue weighted by Crippen LogP contribution is 2.25. The van der Waals surface area contributed by atoms with E-state index in [1.807, 2.05) is 36.5 Å². The molecule has 0 saturated carbocycles. The highest BCUT2D eigenvalue weighted by atomic mass is 32.2. The van der Waals surface area contributed by atoms with Gasteiger partial charge in [-0.25, -0.2) is 9.97 Å². The third-order valence-electron chi connectivity index (χ3n) is 3.57. The fourth-order valence-electron chi connectivity index (χ4n) is 2.42. The van der Waals surface area contributed by atoms with Crippen molar-refractivity contribution in [1.82, 2.24) is 9.97 Å². The van der Waals surface area contributed by atoms with Crippen LogP contribution in [-0.4, -0.2) is 43.9 Å². The zero-order valence-corrected chi connectivity index (χ0v) is 14.9. The van der Waals surface area contributed by atoms with E-state index in [1.54, 1.807) is 12.1 Å². The van der Waals surface area contributed by atoms with Crippen molar-refractivity contribution >= 4 is 35.0 Å². The van der Waals surface area contributed by atoms with Crippen LogP contribution < -0.4 is 5.32 Å². The van der Waals surface area contributed by atoms with Crippen LogP contribution in [0.1, 0.15) is 5.69 Å². The van der Waals surface area contributed by atoms with Crippen molar-refractivity contribution in [3.05, 3.63) is 46.1 Å². The second-order valence-corrected chi connectivity index (χ2v) is 8.03. The van der Waals surface area contributed by atoms with Crippen molar-refractivity contribution in [1.29, 1.82) is 0 Å². The molecule has 1 saturated heterocycles. The maximum absolute atomic E-state index is 10.9. The number of benzene rings is 1. The van der Waals surface area contributed by atoms with Crippen LogP contribution in [0.3, 0.4) is 0 Å². The monoisotopic (exact) mass is 362 g/mol. The number of thioether (sulfide) groups is 2. The van der Waals surface area contributed by atoms with Gasteiger partial charge < -0.3 is 5.32 Å². The highest BCUT2D eigenvalue weighted by Gasteiger charge is 2.15. The van der Waals surface area contributed by atoms with E-state index in [0.717, 1.165) is 23.8 Å². The first-order valence-electron chi connectivity index (χ1n) is 7.65. The summed E-state index contributed by atoms with van der Waals surface area (Å²) in [5.41, 5.74) is 1.53.